The topological polar surface area (TPSA) is 57.7 Å². The Hall–Kier alpha value is -1.87. The van der Waals surface area contributed by atoms with Gasteiger partial charge in [-0.2, -0.15) is 4.31 Å². The number of benzene rings is 1. The van der Waals surface area contributed by atoms with Crippen LogP contribution in [-0.2, 0) is 14.8 Å². The number of carbonyl (C=O) groups is 1. The molecule has 0 unspecified atom stereocenters. The molecular weight excluding hydrogens is 321 g/mol. The summed E-state index contributed by atoms with van der Waals surface area (Å²) in [5, 5.41) is 0. The quantitative estimate of drug-likeness (QED) is 0.615. The normalized spacial score (nSPS) is 16.6. The summed E-state index contributed by atoms with van der Waals surface area (Å²) >= 11 is 0. The molecule has 9 heteroatoms. The van der Waals surface area contributed by atoms with Gasteiger partial charge in [0.15, 0.2) is 17.5 Å². The number of hydrogen-bond donors (Lipinski definition) is 0. The lowest BCUT2D eigenvalue weighted by Gasteiger charge is -2.33. The second-order valence-electron chi connectivity index (χ2n) is 4.61. The summed E-state index contributed by atoms with van der Waals surface area (Å²) in [7, 11) is -4.30. The Morgan fingerprint density at radius 1 is 1.09 bits per heavy atom. The fourth-order valence-corrected chi connectivity index (χ4v) is 3.60. The number of carbonyl (C=O) groups excluding carboxylic acids is 1. The summed E-state index contributed by atoms with van der Waals surface area (Å²) in [5.41, 5.74) is 0. The maximum Gasteiger partial charge on any atom is 0.246 e. The predicted molar refractivity (Wildman–Crippen MR) is 71.9 cm³/mol. The maximum atomic E-state index is 13.7. The number of nitrogens with zero attached hydrogens (tertiary/aromatic N) is 2. The molecule has 1 aromatic carbocycles. The molecule has 0 bridgehead atoms. The highest BCUT2D eigenvalue weighted by molar-refractivity contribution is 7.89. The highest BCUT2D eigenvalue weighted by atomic mass is 32.2. The van der Waals surface area contributed by atoms with Crippen LogP contribution in [0.2, 0.25) is 0 Å². The van der Waals surface area contributed by atoms with E-state index in [0.29, 0.717) is 12.1 Å². The molecule has 5 nitrogen and oxygen atoms in total. The van der Waals surface area contributed by atoms with Crippen LogP contribution in [0.3, 0.4) is 0 Å². The van der Waals surface area contributed by atoms with Gasteiger partial charge in [-0.15, -0.1) is 0 Å². The zero-order valence-electron chi connectivity index (χ0n) is 11.4. The lowest BCUT2D eigenvalue weighted by molar-refractivity contribution is -0.127. The Kier molecular flexibility index (Phi) is 4.57. The molecule has 1 fully saturated rings. The van der Waals surface area contributed by atoms with Gasteiger partial charge < -0.3 is 4.90 Å². The number of rotatable bonds is 3. The fraction of sp³-hybridized carbons (Fsp3) is 0.308. The van der Waals surface area contributed by atoms with Gasteiger partial charge >= 0.3 is 0 Å². The Balaban J connectivity index is 2.24. The van der Waals surface area contributed by atoms with Crippen LogP contribution < -0.4 is 0 Å². The molecule has 1 amide bonds. The van der Waals surface area contributed by atoms with Crippen molar-refractivity contribution in [2.45, 2.75) is 4.90 Å². The van der Waals surface area contributed by atoms with Gasteiger partial charge in [-0.1, -0.05) is 6.58 Å². The summed E-state index contributed by atoms with van der Waals surface area (Å²) in [6, 6.07) is 1.24. The summed E-state index contributed by atoms with van der Waals surface area (Å²) in [6.07, 6.45) is 1.11. The minimum Gasteiger partial charge on any atom is -0.337 e. The Morgan fingerprint density at radius 3 is 2.23 bits per heavy atom. The fourth-order valence-electron chi connectivity index (χ4n) is 2.12. The maximum absolute atomic E-state index is 13.7. The third-order valence-corrected chi connectivity index (χ3v) is 5.26. The molecule has 0 spiro atoms. The molecule has 120 valence electrons. The highest BCUT2D eigenvalue weighted by Gasteiger charge is 2.33. The molecule has 0 saturated carbocycles. The minimum absolute atomic E-state index is 0.0691. The van der Waals surface area contributed by atoms with Gasteiger partial charge in [-0.25, -0.2) is 21.6 Å². The largest absolute Gasteiger partial charge is 0.337 e. The van der Waals surface area contributed by atoms with Crippen molar-refractivity contribution in [3.63, 3.8) is 0 Å². The lowest BCUT2D eigenvalue weighted by Crippen LogP contribution is -2.50. The smallest absolute Gasteiger partial charge is 0.246 e. The molecular formula is C13H13F3N2O3S. The molecule has 1 heterocycles. The molecule has 1 aromatic rings. The van der Waals surface area contributed by atoms with Crippen molar-refractivity contribution in [1.82, 2.24) is 9.21 Å². The van der Waals surface area contributed by atoms with Crippen LogP contribution in [0.1, 0.15) is 0 Å². The molecule has 0 N–H and O–H groups in total. The van der Waals surface area contributed by atoms with Crippen molar-refractivity contribution in [2.24, 2.45) is 0 Å². The number of sulfonamides is 1. The van der Waals surface area contributed by atoms with Gasteiger partial charge in [-0.05, 0) is 18.2 Å². The average molecular weight is 334 g/mol. The van der Waals surface area contributed by atoms with E-state index in [9.17, 15) is 26.4 Å². The molecule has 2 rings (SSSR count). The molecule has 1 aliphatic heterocycles. The van der Waals surface area contributed by atoms with Crippen LogP contribution in [0.4, 0.5) is 13.2 Å². The van der Waals surface area contributed by atoms with E-state index in [1.165, 1.54) is 4.90 Å². The van der Waals surface area contributed by atoms with Crippen molar-refractivity contribution < 1.29 is 26.4 Å². The van der Waals surface area contributed by atoms with Crippen molar-refractivity contribution in [3.05, 3.63) is 42.2 Å². The summed E-state index contributed by atoms with van der Waals surface area (Å²) < 4.78 is 65.3. The monoisotopic (exact) mass is 334 g/mol. The van der Waals surface area contributed by atoms with E-state index in [1.807, 2.05) is 0 Å². The minimum atomic E-state index is -4.30. The molecule has 1 saturated heterocycles. The number of halogens is 3. The predicted octanol–water partition coefficient (Wildman–Crippen LogP) is 1.12. The van der Waals surface area contributed by atoms with Crippen molar-refractivity contribution >= 4 is 15.9 Å². The van der Waals surface area contributed by atoms with E-state index in [1.54, 1.807) is 0 Å². The number of amides is 1. The lowest BCUT2D eigenvalue weighted by atomic mass is 10.3. The third-order valence-electron chi connectivity index (χ3n) is 3.34. The van der Waals surface area contributed by atoms with Crippen LogP contribution in [0.15, 0.2) is 29.7 Å². The average Bonchev–Trinajstić information content (AvgIpc) is 2.51. The first kappa shape index (κ1) is 16.5. The van der Waals surface area contributed by atoms with Gasteiger partial charge in [0.05, 0.1) is 0 Å². The van der Waals surface area contributed by atoms with Crippen LogP contribution >= 0.6 is 0 Å². The first-order chi connectivity index (χ1) is 10.3. The van der Waals surface area contributed by atoms with E-state index in [-0.39, 0.29) is 32.1 Å². The van der Waals surface area contributed by atoms with Gasteiger partial charge in [0.2, 0.25) is 15.9 Å². The van der Waals surface area contributed by atoms with Crippen LogP contribution in [0.5, 0.6) is 0 Å². The van der Waals surface area contributed by atoms with E-state index >= 15 is 0 Å². The van der Waals surface area contributed by atoms with Crippen LogP contribution in [-0.4, -0.2) is 49.7 Å². The molecule has 0 aromatic heterocycles. The summed E-state index contributed by atoms with van der Waals surface area (Å²) in [6.45, 7) is 3.41. The van der Waals surface area contributed by atoms with Crippen LogP contribution in [0.25, 0.3) is 0 Å². The highest BCUT2D eigenvalue weighted by Crippen LogP contribution is 2.23. The third kappa shape index (κ3) is 2.86. The van der Waals surface area contributed by atoms with E-state index in [2.05, 4.69) is 6.58 Å². The van der Waals surface area contributed by atoms with Crippen molar-refractivity contribution in [2.75, 3.05) is 26.2 Å². The van der Waals surface area contributed by atoms with Crippen LogP contribution in [0, 0.1) is 17.5 Å². The standard InChI is InChI=1S/C13H13F3N2O3S/c1-2-11(19)17-5-7-18(8-6-17)22(20,21)10-4-3-9(14)12(15)13(10)16/h2-4H,1,5-8H2. The SMILES string of the molecule is C=CC(=O)N1CCN(S(=O)(=O)c2ccc(F)c(F)c2F)CC1. The zero-order valence-corrected chi connectivity index (χ0v) is 12.2. The molecule has 0 aliphatic carbocycles. The molecule has 1 aliphatic rings. The van der Waals surface area contributed by atoms with E-state index in [0.717, 1.165) is 10.4 Å². The van der Waals surface area contributed by atoms with E-state index < -0.39 is 32.4 Å². The van der Waals surface area contributed by atoms with E-state index in [4.69, 9.17) is 0 Å². The number of piperazine rings is 1. The van der Waals surface area contributed by atoms with Crippen molar-refractivity contribution in [3.8, 4) is 0 Å². The second-order valence-corrected chi connectivity index (χ2v) is 6.51. The van der Waals surface area contributed by atoms with Gasteiger partial charge in [-0.3, -0.25) is 4.79 Å². The first-order valence-corrected chi connectivity index (χ1v) is 7.78. The van der Waals surface area contributed by atoms with Gasteiger partial charge in [0.25, 0.3) is 0 Å². The van der Waals surface area contributed by atoms with Gasteiger partial charge in [0, 0.05) is 26.2 Å². The molecule has 22 heavy (non-hydrogen) atoms. The Bertz CT molecular complexity index is 713. The Morgan fingerprint density at radius 2 is 1.68 bits per heavy atom. The first-order valence-electron chi connectivity index (χ1n) is 6.34. The second kappa shape index (κ2) is 6.09. The Labute approximate surface area is 125 Å². The summed E-state index contributed by atoms with van der Waals surface area (Å²) in [5.74, 6) is -5.37. The molecule has 0 atom stereocenters. The summed E-state index contributed by atoms with van der Waals surface area (Å²) in [4.78, 5) is 11.9. The molecule has 0 radical (unpaired) electrons. The van der Waals surface area contributed by atoms with Gasteiger partial charge in [0.1, 0.15) is 4.90 Å². The zero-order chi connectivity index (χ0) is 16.5. The number of hydrogen-bond acceptors (Lipinski definition) is 3. The van der Waals surface area contributed by atoms with Crippen molar-refractivity contribution in [1.29, 1.82) is 0 Å².